The van der Waals surface area contributed by atoms with Crippen molar-refractivity contribution in [3.63, 3.8) is 0 Å². The molecule has 9 heteroatoms. The molecule has 7 nitrogen and oxygen atoms in total. The topological polar surface area (TPSA) is 87.5 Å². The number of pyridine rings is 2. The van der Waals surface area contributed by atoms with E-state index >= 15 is 4.39 Å². The quantitative estimate of drug-likeness (QED) is 0.685. The Morgan fingerprint density at radius 2 is 2.10 bits per heavy atom. The monoisotopic (exact) mass is 414 g/mol. The highest BCUT2D eigenvalue weighted by molar-refractivity contribution is 5.95. The Kier molecular flexibility index (Phi) is 4.98. The van der Waals surface area contributed by atoms with E-state index in [1.165, 1.54) is 29.7 Å². The average Bonchev–Trinajstić information content (AvgIpc) is 2.71. The molecule has 0 amide bonds. The lowest BCUT2D eigenvalue weighted by molar-refractivity contribution is 0.0695. The third-order valence-electron chi connectivity index (χ3n) is 5.35. The molecule has 1 aromatic carbocycles. The molecule has 156 valence electrons. The molecular formula is C21H20F2N4O3. The summed E-state index contributed by atoms with van der Waals surface area (Å²) in [4.78, 5) is 30.4. The van der Waals surface area contributed by atoms with Gasteiger partial charge < -0.3 is 15.3 Å². The van der Waals surface area contributed by atoms with Crippen LogP contribution in [0, 0.1) is 18.6 Å². The van der Waals surface area contributed by atoms with Gasteiger partial charge in [-0.1, -0.05) is 0 Å². The van der Waals surface area contributed by atoms with Crippen LogP contribution >= 0.6 is 0 Å². The highest BCUT2D eigenvalue weighted by Gasteiger charge is 2.25. The molecule has 1 aliphatic rings. The number of benzene rings is 1. The van der Waals surface area contributed by atoms with E-state index in [0.717, 1.165) is 12.4 Å². The largest absolute Gasteiger partial charge is 0.477 e. The molecule has 1 aliphatic heterocycles. The summed E-state index contributed by atoms with van der Waals surface area (Å²) in [5.74, 6) is -2.33. The Labute approximate surface area is 170 Å². The van der Waals surface area contributed by atoms with Gasteiger partial charge in [-0.25, -0.2) is 18.6 Å². The van der Waals surface area contributed by atoms with Crippen molar-refractivity contribution in [1.29, 1.82) is 0 Å². The van der Waals surface area contributed by atoms with E-state index in [1.54, 1.807) is 0 Å². The summed E-state index contributed by atoms with van der Waals surface area (Å²) in [5, 5.41) is 12.7. The van der Waals surface area contributed by atoms with Crippen molar-refractivity contribution in [2.24, 2.45) is 0 Å². The number of fused-ring (bicyclic) bond motifs is 1. The number of anilines is 1. The van der Waals surface area contributed by atoms with Crippen LogP contribution in [-0.2, 0) is 0 Å². The Morgan fingerprint density at radius 1 is 1.33 bits per heavy atom. The van der Waals surface area contributed by atoms with Crippen molar-refractivity contribution >= 4 is 22.6 Å². The minimum absolute atomic E-state index is 0.0366. The number of aryl methyl sites for hydroxylation is 1. The van der Waals surface area contributed by atoms with E-state index in [9.17, 15) is 19.1 Å². The lowest BCUT2D eigenvalue weighted by Crippen LogP contribution is -2.49. The van der Waals surface area contributed by atoms with Gasteiger partial charge >= 0.3 is 5.97 Å². The Bertz CT molecular complexity index is 1210. The van der Waals surface area contributed by atoms with Crippen molar-refractivity contribution in [2.75, 3.05) is 24.5 Å². The summed E-state index contributed by atoms with van der Waals surface area (Å²) < 4.78 is 30.1. The summed E-state index contributed by atoms with van der Waals surface area (Å²) >= 11 is 0. The fourth-order valence-corrected chi connectivity index (χ4v) is 3.86. The maximum Gasteiger partial charge on any atom is 0.341 e. The van der Waals surface area contributed by atoms with Crippen molar-refractivity contribution in [2.45, 2.75) is 19.9 Å². The lowest BCUT2D eigenvalue weighted by atomic mass is 10.0. The maximum atomic E-state index is 15.3. The smallest absolute Gasteiger partial charge is 0.341 e. The number of aromatic carboxylic acids is 1. The van der Waals surface area contributed by atoms with Gasteiger partial charge in [0.2, 0.25) is 5.43 Å². The normalized spacial score (nSPS) is 16.8. The van der Waals surface area contributed by atoms with E-state index in [4.69, 9.17) is 0 Å². The van der Waals surface area contributed by atoms with Gasteiger partial charge in [0, 0.05) is 37.4 Å². The summed E-state index contributed by atoms with van der Waals surface area (Å²) in [7, 11) is 0. The number of carbonyl (C=O) groups is 1. The first-order valence-corrected chi connectivity index (χ1v) is 9.50. The average molecular weight is 414 g/mol. The van der Waals surface area contributed by atoms with Gasteiger partial charge in [-0.05, 0) is 32.0 Å². The molecule has 1 unspecified atom stereocenters. The standard InChI is InChI=1S/C21H20F2N4O3/c1-11-9-26(6-5-24-11)16-7-15-18(12(2)19(16)23)20(28)14(21(29)30)10-27(15)17-4-3-13(22)8-25-17/h3-4,7-8,10-11,24H,5-6,9H2,1-2H3,(H,29,30). The van der Waals surface area contributed by atoms with Crippen molar-refractivity contribution in [3.8, 4) is 5.82 Å². The van der Waals surface area contributed by atoms with Crippen LogP contribution in [-0.4, -0.2) is 46.3 Å². The zero-order valence-electron chi connectivity index (χ0n) is 16.4. The predicted octanol–water partition coefficient (Wildman–Crippen LogP) is 2.47. The molecule has 1 atom stereocenters. The van der Waals surface area contributed by atoms with Gasteiger partial charge in [0.1, 0.15) is 23.0 Å². The van der Waals surface area contributed by atoms with Gasteiger partial charge in [-0.2, -0.15) is 0 Å². The minimum Gasteiger partial charge on any atom is -0.477 e. The Balaban J connectivity index is 2.06. The van der Waals surface area contributed by atoms with Crippen molar-refractivity contribution in [3.05, 3.63) is 63.6 Å². The van der Waals surface area contributed by atoms with Crippen LogP contribution in [0.2, 0.25) is 0 Å². The van der Waals surface area contributed by atoms with Crippen molar-refractivity contribution < 1.29 is 18.7 Å². The van der Waals surface area contributed by atoms with Crippen LogP contribution in [0.25, 0.3) is 16.7 Å². The lowest BCUT2D eigenvalue weighted by Gasteiger charge is -2.34. The number of halogens is 2. The molecule has 0 spiro atoms. The van der Waals surface area contributed by atoms with Gasteiger partial charge in [-0.15, -0.1) is 0 Å². The van der Waals surface area contributed by atoms with E-state index < -0.39 is 28.6 Å². The summed E-state index contributed by atoms with van der Waals surface area (Å²) in [5.41, 5.74) is -0.583. The number of rotatable bonds is 3. The SMILES string of the molecule is Cc1c(F)c(N2CCNC(C)C2)cc2c1c(=O)c(C(=O)O)cn2-c1ccc(F)cn1. The van der Waals surface area contributed by atoms with Crippen LogP contribution in [0.4, 0.5) is 14.5 Å². The van der Waals surface area contributed by atoms with Gasteiger partial charge in [0.05, 0.1) is 22.8 Å². The van der Waals surface area contributed by atoms with Gasteiger partial charge in [0.15, 0.2) is 0 Å². The molecule has 1 saturated heterocycles. The van der Waals surface area contributed by atoms with Crippen molar-refractivity contribution in [1.82, 2.24) is 14.9 Å². The first kappa shape index (κ1) is 20.0. The molecule has 2 aromatic heterocycles. The Hall–Kier alpha value is -3.33. The fourth-order valence-electron chi connectivity index (χ4n) is 3.86. The molecule has 0 saturated carbocycles. The Morgan fingerprint density at radius 3 is 2.73 bits per heavy atom. The first-order chi connectivity index (χ1) is 14.3. The van der Waals surface area contributed by atoms with Gasteiger partial charge in [-0.3, -0.25) is 9.36 Å². The fraction of sp³-hybridized carbons (Fsp3) is 0.286. The van der Waals surface area contributed by atoms with Crippen LogP contribution in [0.5, 0.6) is 0 Å². The number of nitrogens with zero attached hydrogens (tertiary/aromatic N) is 3. The molecule has 4 rings (SSSR count). The van der Waals surface area contributed by atoms with Crippen LogP contribution in [0.15, 0.2) is 35.4 Å². The van der Waals surface area contributed by atoms with E-state index in [2.05, 4.69) is 10.3 Å². The first-order valence-electron chi connectivity index (χ1n) is 9.50. The predicted molar refractivity (Wildman–Crippen MR) is 109 cm³/mol. The van der Waals surface area contributed by atoms with Crippen LogP contribution in [0.1, 0.15) is 22.8 Å². The number of nitrogens with one attached hydrogen (secondary N) is 1. The molecule has 1 fully saturated rings. The molecule has 0 radical (unpaired) electrons. The second-order valence-electron chi connectivity index (χ2n) is 7.41. The van der Waals surface area contributed by atoms with E-state index in [0.29, 0.717) is 30.8 Å². The third kappa shape index (κ3) is 3.30. The molecular weight excluding hydrogens is 394 g/mol. The number of hydrogen-bond donors (Lipinski definition) is 2. The molecule has 3 aromatic rings. The summed E-state index contributed by atoms with van der Waals surface area (Å²) in [6.45, 7) is 5.30. The third-order valence-corrected chi connectivity index (χ3v) is 5.35. The molecule has 0 aliphatic carbocycles. The second kappa shape index (κ2) is 7.49. The number of hydrogen-bond acceptors (Lipinski definition) is 5. The maximum absolute atomic E-state index is 15.3. The van der Waals surface area contributed by atoms with E-state index in [-0.39, 0.29) is 22.8 Å². The highest BCUT2D eigenvalue weighted by atomic mass is 19.1. The van der Waals surface area contributed by atoms with Crippen LogP contribution in [0.3, 0.4) is 0 Å². The number of carboxylic acid groups (broad SMARTS) is 1. The van der Waals surface area contributed by atoms with E-state index in [1.807, 2.05) is 11.8 Å². The second-order valence-corrected chi connectivity index (χ2v) is 7.41. The molecule has 2 N–H and O–H groups in total. The van der Waals surface area contributed by atoms with Crippen LogP contribution < -0.4 is 15.6 Å². The number of carboxylic acids is 1. The number of piperazine rings is 1. The number of aromatic nitrogens is 2. The molecule has 0 bridgehead atoms. The highest BCUT2D eigenvalue weighted by Crippen LogP contribution is 2.30. The summed E-state index contributed by atoms with van der Waals surface area (Å²) in [6, 6.07) is 4.25. The zero-order valence-corrected chi connectivity index (χ0v) is 16.4. The van der Waals surface area contributed by atoms with Gasteiger partial charge in [0.25, 0.3) is 0 Å². The minimum atomic E-state index is -1.43. The zero-order chi connectivity index (χ0) is 21.6. The summed E-state index contributed by atoms with van der Waals surface area (Å²) in [6.07, 6.45) is 2.14. The molecule has 30 heavy (non-hydrogen) atoms. The molecule has 3 heterocycles.